The number of ether oxygens (including phenoxy) is 4. The lowest BCUT2D eigenvalue weighted by Crippen LogP contribution is -2.40. The average Bonchev–Trinajstić information content (AvgIpc) is 3.62. The molecule has 1 saturated heterocycles. The van der Waals surface area contributed by atoms with Crippen LogP contribution in [0.25, 0.3) is 0 Å². The molecule has 3 aromatic carbocycles. The highest BCUT2D eigenvalue weighted by atomic mass is 16.5. The highest BCUT2D eigenvalue weighted by molar-refractivity contribution is 6.15. The van der Waals surface area contributed by atoms with E-state index in [1.165, 1.54) is 5.56 Å². The van der Waals surface area contributed by atoms with Gasteiger partial charge in [-0.1, -0.05) is 36.4 Å². The first-order chi connectivity index (χ1) is 24.0. The van der Waals surface area contributed by atoms with Crippen molar-refractivity contribution in [2.75, 3.05) is 43.8 Å². The van der Waals surface area contributed by atoms with Gasteiger partial charge < -0.3 is 29.2 Å². The van der Waals surface area contributed by atoms with E-state index in [-0.39, 0.29) is 29.9 Å². The minimum absolute atomic E-state index is 0.0363. The Balaban J connectivity index is 0.856. The van der Waals surface area contributed by atoms with Crippen LogP contribution >= 0.6 is 0 Å². The summed E-state index contributed by atoms with van der Waals surface area (Å²) in [7, 11) is 3.20. The third-order valence-electron chi connectivity index (χ3n) is 10.1. The number of para-hydroxylation sites is 2. The molecule has 1 unspecified atom stereocenters. The number of hydrogen-bond acceptors (Lipinski definition) is 8. The van der Waals surface area contributed by atoms with Crippen LogP contribution in [-0.4, -0.2) is 70.1 Å². The molecule has 0 saturated carbocycles. The van der Waals surface area contributed by atoms with E-state index in [4.69, 9.17) is 23.9 Å². The zero-order valence-electron chi connectivity index (χ0n) is 27.8. The number of carbonyl (C=O) groups excluding carboxylic acids is 2. The Bertz CT molecular complexity index is 1900. The van der Waals surface area contributed by atoms with Gasteiger partial charge in [-0.25, -0.2) is 0 Å². The molecule has 0 aromatic heterocycles. The molecule has 4 aliphatic heterocycles. The van der Waals surface area contributed by atoms with Crippen LogP contribution in [0.5, 0.6) is 11.5 Å². The lowest BCUT2D eigenvalue weighted by Gasteiger charge is -2.27. The molecule has 0 bridgehead atoms. The molecule has 5 aliphatic rings. The molecule has 3 atom stereocenters. The summed E-state index contributed by atoms with van der Waals surface area (Å²) < 4.78 is 23.7. The van der Waals surface area contributed by atoms with E-state index in [1.54, 1.807) is 26.4 Å². The number of anilines is 2. The molecule has 1 fully saturated rings. The predicted octanol–water partition coefficient (Wildman–Crippen LogP) is 5.67. The van der Waals surface area contributed by atoms with E-state index in [0.717, 1.165) is 66.9 Å². The molecule has 4 heterocycles. The second-order valence-corrected chi connectivity index (χ2v) is 13.0. The lowest BCUT2D eigenvalue weighted by molar-refractivity contribution is -0.115. The van der Waals surface area contributed by atoms with E-state index in [0.29, 0.717) is 48.1 Å². The number of rotatable bonds is 10. The van der Waals surface area contributed by atoms with Gasteiger partial charge >= 0.3 is 0 Å². The zero-order chi connectivity index (χ0) is 33.5. The fourth-order valence-electron chi connectivity index (χ4n) is 7.68. The first-order valence-corrected chi connectivity index (χ1v) is 17.1. The fourth-order valence-corrected chi connectivity index (χ4v) is 7.68. The molecule has 0 radical (unpaired) electrons. The monoisotopic (exact) mass is 660 g/mol. The summed E-state index contributed by atoms with van der Waals surface area (Å²) in [5.41, 5.74) is 6.10. The van der Waals surface area contributed by atoms with E-state index >= 15 is 0 Å². The van der Waals surface area contributed by atoms with E-state index < -0.39 is 0 Å². The minimum atomic E-state index is -0.115. The third-order valence-corrected chi connectivity index (χ3v) is 10.1. The topological polar surface area (TPSA) is 102 Å². The number of allylic oxidation sites excluding steroid dienone is 1. The number of unbranched alkanes of at least 4 members (excludes halogenated alkanes) is 2. The van der Waals surface area contributed by atoms with Gasteiger partial charge in [-0.2, -0.15) is 0 Å². The van der Waals surface area contributed by atoms with Crippen LogP contribution in [0.2, 0.25) is 0 Å². The van der Waals surface area contributed by atoms with E-state index in [2.05, 4.69) is 17.4 Å². The molecule has 10 heteroatoms. The zero-order valence-corrected chi connectivity index (χ0v) is 27.8. The number of methoxy groups -OCH3 is 2. The number of carbonyl (C=O) groups is 2. The molecular formula is C39H40N4O6. The van der Waals surface area contributed by atoms with Gasteiger partial charge in [-0.3, -0.25) is 19.5 Å². The van der Waals surface area contributed by atoms with Crippen LogP contribution in [0.15, 0.2) is 88.8 Å². The van der Waals surface area contributed by atoms with Crippen molar-refractivity contribution in [1.29, 1.82) is 0 Å². The Morgan fingerprint density at radius 3 is 2.31 bits per heavy atom. The average molecular weight is 661 g/mol. The molecule has 10 nitrogen and oxygen atoms in total. The summed E-state index contributed by atoms with van der Waals surface area (Å²) in [6.07, 6.45) is 8.43. The van der Waals surface area contributed by atoms with Gasteiger partial charge in [-0.15, -0.1) is 0 Å². The van der Waals surface area contributed by atoms with Crippen molar-refractivity contribution in [3.8, 4) is 11.5 Å². The number of nitrogens with one attached hydrogen (secondary N) is 1. The normalized spacial score (nSPS) is 21.8. The van der Waals surface area contributed by atoms with Crippen molar-refractivity contribution in [2.45, 2.75) is 56.7 Å². The van der Waals surface area contributed by atoms with Gasteiger partial charge in [0.25, 0.3) is 11.8 Å². The standard InChI is InChI=1S/C39H40N4O6/c1-46-34-18-28-30(40-22-26-16-24-10-4-6-12-32(24)42(26)38(28)44)20-36(34)48-14-8-3-9-15-49-37-21-31-29(19-35(37)47-2)39(45)43-27(23-41-31)17-25-11-5-7-13-33(25)43/h4-7,10-13,18-20,22,26-27,31,41H,3,8-9,14-17,21,23H2,1-2H3/t26-,27-,31?/m0/s1. The molecule has 0 spiro atoms. The quantitative estimate of drug-likeness (QED) is 0.280. The molecule has 1 N–H and O–H groups in total. The maximum Gasteiger partial charge on any atom is 0.261 e. The Morgan fingerprint density at radius 2 is 1.53 bits per heavy atom. The predicted molar refractivity (Wildman–Crippen MR) is 187 cm³/mol. The second kappa shape index (κ2) is 13.1. The van der Waals surface area contributed by atoms with Crippen LogP contribution in [0.1, 0.15) is 47.2 Å². The number of aliphatic imine (C=N–C) groups is 1. The summed E-state index contributed by atoms with van der Waals surface area (Å²) in [4.78, 5) is 35.9. The summed E-state index contributed by atoms with van der Waals surface area (Å²) in [6.45, 7) is 1.75. The van der Waals surface area contributed by atoms with Crippen LogP contribution in [0.3, 0.4) is 0 Å². The van der Waals surface area contributed by atoms with Crippen LogP contribution in [-0.2, 0) is 27.1 Å². The molecule has 1 aliphatic carbocycles. The molecule has 49 heavy (non-hydrogen) atoms. The minimum Gasteiger partial charge on any atom is -0.494 e. The van der Waals surface area contributed by atoms with Gasteiger partial charge in [0.15, 0.2) is 17.3 Å². The molecular weight excluding hydrogens is 620 g/mol. The molecule has 2 amide bonds. The first kappa shape index (κ1) is 31.2. The maximum atomic E-state index is 13.7. The second-order valence-electron chi connectivity index (χ2n) is 13.0. The summed E-state index contributed by atoms with van der Waals surface area (Å²) in [5, 5.41) is 3.62. The SMILES string of the molecule is COC1=C(OCCCCCOc2cc3c(cc2OC)C(=O)N2c4ccccc4C[C@H]2C=N3)CC2NC[C@@H]3Cc4ccccc4N3C(=O)C2=C1. The number of amides is 2. The van der Waals surface area contributed by atoms with Crippen LogP contribution in [0.4, 0.5) is 17.1 Å². The Morgan fingerprint density at radius 1 is 0.796 bits per heavy atom. The van der Waals surface area contributed by atoms with Crippen molar-refractivity contribution in [3.63, 3.8) is 0 Å². The van der Waals surface area contributed by atoms with Gasteiger partial charge in [0, 0.05) is 54.7 Å². The molecule has 8 rings (SSSR count). The van der Waals surface area contributed by atoms with Crippen molar-refractivity contribution >= 4 is 35.1 Å². The molecule has 3 aromatic rings. The van der Waals surface area contributed by atoms with Gasteiger partial charge in [0.2, 0.25) is 0 Å². The van der Waals surface area contributed by atoms with Gasteiger partial charge in [0.05, 0.1) is 50.8 Å². The van der Waals surface area contributed by atoms with Crippen molar-refractivity contribution in [1.82, 2.24) is 5.32 Å². The third kappa shape index (κ3) is 5.63. The van der Waals surface area contributed by atoms with Crippen LogP contribution in [0, 0.1) is 0 Å². The maximum absolute atomic E-state index is 13.7. The number of nitrogens with zero attached hydrogens (tertiary/aromatic N) is 3. The number of hydrogen-bond donors (Lipinski definition) is 1. The first-order valence-electron chi connectivity index (χ1n) is 17.1. The summed E-state index contributed by atoms with van der Waals surface area (Å²) in [6, 6.07) is 19.6. The highest BCUT2D eigenvalue weighted by Crippen LogP contribution is 2.41. The summed E-state index contributed by atoms with van der Waals surface area (Å²) >= 11 is 0. The number of fused-ring (bicyclic) bond motifs is 8. The van der Waals surface area contributed by atoms with E-state index in [1.807, 2.05) is 58.5 Å². The largest absolute Gasteiger partial charge is 0.494 e. The van der Waals surface area contributed by atoms with Gasteiger partial charge in [0.1, 0.15) is 5.76 Å². The van der Waals surface area contributed by atoms with Crippen molar-refractivity contribution in [2.24, 2.45) is 4.99 Å². The summed E-state index contributed by atoms with van der Waals surface area (Å²) in [5.74, 6) is 2.40. The number of benzene rings is 3. The van der Waals surface area contributed by atoms with E-state index in [9.17, 15) is 9.59 Å². The Labute approximate surface area is 286 Å². The van der Waals surface area contributed by atoms with Crippen LogP contribution < -0.4 is 24.6 Å². The fraction of sp³-hybridized carbons (Fsp3) is 0.359. The highest BCUT2D eigenvalue weighted by Gasteiger charge is 2.42. The lowest BCUT2D eigenvalue weighted by atomic mass is 9.95. The van der Waals surface area contributed by atoms with Crippen molar-refractivity contribution < 1.29 is 28.5 Å². The Hall–Kier alpha value is -5.09. The Kier molecular flexibility index (Phi) is 8.33. The smallest absolute Gasteiger partial charge is 0.261 e. The van der Waals surface area contributed by atoms with Crippen molar-refractivity contribution in [3.05, 3.63) is 101 Å². The van der Waals surface area contributed by atoms with Gasteiger partial charge in [-0.05, 0) is 61.1 Å². The molecule has 252 valence electrons.